The van der Waals surface area contributed by atoms with E-state index in [0.29, 0.717) is 31.1 Å². The van der Waals surface area contributed by atoms with Crippen molar-refractivity contribution in [3.63, 3.8) is 0 Å². The van der Waals surface area contributed by atoms with E-state index >= 15 is 0 Å². The van der Waals surface area contributed by atoms with Gasteiger partial charge in [0.15, 0.2) is 11.5 Å². The minimum atomic E-state index is -0.744. The van der Waals surface area contributed by atoms with Crippen LogP contribution in [0, 0.1) is 0 Å². The maximum absolute atomic E-state index is 11.3. The SMILES string of the molecule is CCCOc1c(Br)cc(CN2CCC[C@@H]2C(=O)O)cc1OC. The van der Waals surface area contributed by atoms with Crippen LogP contribution in [-0.4, -0.2) is 42.3 Å². The van der Waals surface area contributed by atoms with Crippen molar-refractivity contribution in [2.45, 2.75) is 38.8 Å². The van der Waals surface area contributed by atoms with Gasteiger partial charge in [0.2, 0.25) is 0 Å². The molecule has 0 bridgehead atoms. The summed E-state index contributed by atoms with van der Waals surface area (Å²) in [6.45, 7) is 4.08. The van der Waals surface area contributed by atoms with Crippen LogP contribution in [0.2, 0.25) is 0 Å². The molecule has 1 atom stereocenters. The Hall–Kier alpha value is -1.27. The van der Waals surface area contributed by atoms with E-state index in [4.69, 9.17) is 9.47 Å². The normalized spacial score (nSPS) is 18.4. The van der Waals surface area contributed by atoms with Gasteiger partial charge in [0, 0.05) is 6.54 Å². The first-order valence-corrected chi connectivity index (χ1v) is 8.32. The van der Waals surface area contributed by atoms with Crippen molar-refractivity contribution in [3.8, 4) is 11.5 Å². The fraction of sp³-hybridized carbons (Fsp3) is 0.562. The summed E-state index contributed by atoms with van der Waals surface area (Å²) < 4.78 is 12.0. The Kier molecular flexibility index (Phi) is 6.08. The number of ether oxygens (including phenoxy) is 2. The highest BCUT2D eigenvalue weighted by atomic mass is 79.9. The van der Waals surface area contributed by atoms with Crippen LogP contribution in [0.4, 0.5) is 0 Å². The number of likely N-dealkylation sites (tertiary alicyclic amines) is 1. The Morgan fingerprint density at radius 2 is 2.27 bits per heavy atom. The van der Waals surface area contributed by atoms with Crippen molar-refractivity contribution >= 4 is 21.9 Å². The van der Waals surface area contributed by atoms with Gasteiger partial charge in [-0.2, -0.15) is 0 Å². The predicted octanol–water partition coefficient (Wildman–Crippen LogP) is 3.30. The fourth-order valence-corrected chi connectivity index (χ4v) is 3.34. The number of carboxylic acids is 1. The molecule has 0 saturated carbocycles. The molecule has 1 aromatic carbocycles. The van der Waals surface area contributed by atoms with Gasteiger partial charge >= 0.3 is 5.97 Å². The van der Waals surface area contributed by atoms with Crippen molar-refractivity contribution in [2.75, 3.05) is 20.3 Å². The van der Waals surface area contributed by atoms with Crippen LogP contribution in [0.25, 0.3) is 0 Å². The number of nitrogens with zero attached hydrogens (tertiary/aromatic N) is 1. The van der Waals surface area contributed by atoms with Gasteiger partial charge in [-0.05, 0) is 59.4 Å². The third-order valence-electron chi connectivity index (χ3n) is 3.77. The Morgan fingerprint density at radius 3 is 2.91 bits per heavy atom. The highest BCUT2D eigenvalue weighted by molar-refractivity contribution is 9.10. The summed E-state index contributed by atoms with van der Waals surface area (Å²) in [7, 11) is 1.61. The van der Waals surface area contributed by atoms with E-state index in [0.717, 1.165) is 29.4 Å². The quantitative estimate of drug-likeness (QED) is 0.796. The largest absolute Gasteiger partial charge is 0.493 e. The van der Waals surface area contributed by atoms with Gasteiger partial charge in [-0.1, -0.05) is 6.92 Å². The molecule has 0 aromatic heterocycles. The lowest BCUT2D eigenvalue weighted by Crippen LogP contribution is -2.35. The molecule has 0 spiro atoms. The molecular formula is C16H22BrNO4. The molecule has 0 amide bonds. The van der Waals surface area contributed by atoms with Crippen LogP contribution >= 0.6 is 15.9 Å². The van der Waals surface area contributed by atoms with E-state index in [2.05, 4.69) is 15.9 Å². The molecule has 0 radical (unpaired) electrons. The van der Waals surface area contributed by atoms with Gasteiger partial charge in [0.1, 0.15) is 6.04 Å². The van der Waals surface area contributed by atoms with Crippen LogP contribution in [-0.2, 0) is 11.3 Å². The van der Waals surface area contributed by atoms with Gasteiger partial charge in [0.05, 0.1) is 18.2 Å². The molecule has 1 aliphatic rings. The first-order valence-electron chi connectivity index (χ1n) is 7.52. The molecule has 6 heteroatoms. The van der Waals surface area contributed by atoms with Crippen LogP contribution in [0.15, 0.2) is 16.6 Å². The van der Waals surface area contributed by atoms with Crippen molar-refractivity contribution in [1.29, 1.82) is 0 Å². The van der Waals surface area contributed by atoms with E-state index in [1.165, 1.54) is 0 Å². The molecule has 1 aromatic rings. The average Bonchev–Trinajstić information content (AvgIpc) is 2.94. The average molecular weight is 372 g/mol. The summed E-state index contributed by atoms with van der Waals surface area (Å²) in [6, 6.07) is 3.51. The molecule has 1 N–H and O–H groups in total. The monoisotopic (exact) mass is 371 g/mol. The van der Waals surface area contributed by atoms with E-state index in [9.17, 15) is 9.90 Å². The Morgan fingerprint density at radius 1 is 1.50 bits per heavy atom. The minimum Gasteiger partial charge on any atom is -0.493 e. The molecular weight excluding hydrogens is 350 g/mol. The van der Waals surface area contributed by atoms with Crippen LogP contribution in [0.3, 0.4) is 0 Å². The Bertz CT molecular complexity index is 535. The van der Waals surface area contributed by atoms with Crippen LogP contribution in [0.1, 0.15) is 31.7 Å². The fourth-order valence-electron chi connectivity index (χ4n) is 2.74. The Labute approximate surface area is 139 Å². The number of halogens is 1. The molecule has 0 unspecified atom stereocenters. The lowest BCUT2D eigenvalue weighted by Gasteiger charge is -2.22. The number of carbonyl (C=O) groups is 1. The summed E-state index contributed by atoms with van der Waals surface area (Å²) in [5.74, 6) is 0.625. The van der Waals surface area contributed by atoms with Crippen LogP contribution < -0.4 is 9.47 Å². The maximum atomic E-state index is 11.3. The van der Waals surface area contributed by atoms with Gasteiger partial charge in [-0.25, -0.2) is 0 Å². The standard InChI is InChI=1S/C16H22BrNO4/c1-3-7-22-15-12(17)8-11(9-14(15)21-2)10-18-6-4-5-13(18)16(19)20/h8-9,13H,3-7,10H2,1-2H3,(H,19,20)/t13-/m1/s1. The van der Waals surface area contributed by atoms with E-state index in [-0.39, 0.29) is 6.04 Å². The third kappa shape index (κ3) is 3.93. The number of methoxy groups -OCH3 is 1. The number of carboxylic acid groups (broad SMARTS) is 1. The van der Waals surface area contributed by atoms with Crippen molar-refractivity contribution in [3.05, 3.63) is 22.2 Å². The number of rotatable bonds is 7. The third-order valence-corrected chi connectivity index (χ3v) is 4.36. The zero-order chi connectivity index (χ0) is 16.1. The first kappa shape index (κ1) is 17.1. The zero-order valence-corrected chi connectivity index (χ0v) is 14.6. The summed E-state index contributed by atoms with van der Waals surface area (Å²) in [5.41, 5.74) is 1.01. The molecule has 1 fully saturated rings. The van der Waals surface area contributed by atoms with Crippen molar-refractivity contribution in [2.24, 2.45) is 0 Å². The number of benzene rings is 1. The van der Waals surface area contributed by atoms with E-state index in [1.807, 2.05) is 24.0 Å². The lowest BCUT2D eigenvalue weighted by atomic mass is 10.1. The van der Waals surface area contributed by atoms with Crippen LogP contribution in [0.5, 0.6) is 11.5 Å². The van der Waals surface area contributed by atoms with Gasteiger partial charge in [0.25, 0.3) is 0 Å². The topological polar surface area (TPSA) is 59.0 Å². The molecule has 1 saturated heterocycles. The second-order valence-corrected chi connectivity index (χ2v) is 6.28. The minimum absolute atomic E-state index is 0.388. The smallest absolute Gasteiger partial charge is 0.320 e. The summed E-state index contributed by atoms with van der Waals surface area (Å²) >= 11 is 3.52. The second-order valence-electron chi connectivity index (χ2n) is 5.42. The molecule has 0 aliphatic carbocycles. The van der Waals surface area contributed by atoms with E-state index in [1.54, 1.807) is 7.11 Å². The molecule has 5 nitrogen and oxygen atoms in total. The molecule has 2 rings (SSSR count). The lowest BCUT2D eigenvalue weighted by molar-refractivity contribution is -0.142. The molecule has 1 heterocycles. The summed E-state index contributed by atoms with van der Waals surface area (Å²) in [6.07, 6.45) is 2.56. The Balaban J connectivity index is 2.18. The first-order chi connectivity index (χ1) is 10.6. The van der Waals surface area contributed by atoms with Crippen molar-refractivity contribution < 1.29 is 19.4 Å². The maximum Gasteiger partial charge on any atom is 0.320 e. The van der Waals surface area contributed by atoms with Crippen molar-refractivity contribution in [1.82, 2.24) is 4.90 Å². The zero-order valence-electron chi connectivity index (χ0n) is 13.0. The number of aliphatic carboxylic acids is 1. The van der Waals surface area contributed by atoms with E-state index < -0.39 is 5.97 Å². The summed E-state index contributed by atoms with van der Waals surface area (Å²) in [5, 5.41) is 9.26. The predicted molar refractivity (Wildman–Crippen MR) is 87.5 cm³/mol. The number of hydrogen-bond donors (Lipinski definition) is 1. The number of hydrogen-bond acceptors (Lipinski definition) is 4. The highest BCUT2D eigenvalue weighted by Crippen LogP contribution is 2.37. The van der Waals surface area contributed by atoms with Gasteiger partial charge in [-0.15, -0.1) is 0 Å². The second kappa shape index (κ2) is 7.83. The van der Waals surface area contributed by atoms with Gasteiger partial charge < -0.3 is 14.6 Å². The summed E-state index contributed by atoms with van der Waals surface area (Å²) in [4.78, 5) is 13.3. The van der Waals surface area contributed by atoms with Gasteiger partial charge in [-0.3, -0.25) is 9.69 Å². The highest BCUT2D eigenvalue weighted by Gasteiger charge is 2.30. The molecule has 1 aliphatic heterocycles. The molecule has 22 heavy (non-hydrogen) atoms. The molecule has 122 valence electrons.